The van der Waals surface area contributed by atoms with Crippen LogP contribution in [0.25, 0.3) is 10.9 Å². The van der Waals surface area contributed by atoms with Crippen LogP contribution < -0.4 is 5.32 Å². The molecule has 0 aliphatic heterocycles. The summed E-state index contributed by atoms with van der Waals surface area (Å²) < 4.78 is 4.84. The third-order valence-corrected chi connectivity index (χ3v) is 5.16. The number of thiazole rings is 1. The number of hydrogen-bond donors (Lipinski definition) is 2. The molecule has 0 bridgehead atoms. The molecule has 0 saturated carbocycles. The van der Waals surface area contributed by atoms with E-state index in [0.29, 0.717) is 16.9 Å². The van der Waals surface area contributed by atoms with E-state index in [9.17, 15) is 9.59 Å². The fraction of sp³-hybridized carbons (Fsp3) is 0.100. The summed E-state index contributed by atoms with van der Waals surface area (Å²) in [4.78, 5) is 29.8. The number of ether oxygens (including phenoxy) is 1. The van der Waals surface area contributed by atoms with Gasteiger partial charge >= 0.3 is 5.97 Å². The second-order valence-electron chi connectivity index (χ2n) is 6.02. The monoisotopic (exact) mass is 392 g/mol. The molecular formula is C20H16N4O3S. The third-order valence-electron chi connectivity index (χ3n) is 4.19. The molecular weight excluding hydrogens is 376 g/mol. The minimum absolute atomic E-state index is 0.207. The minimum Gasteiger partial charge on any atom is -0.464 e. The number of carbonyl (C=O) groups is 2. The number of aromatic amines is 1. The van der Waals surface area contributed by atoms with E-state index in [-0.39, 0.29) is 11.4 Å². The maximum absolute atomic E-state index is 12.7. The van der Waals surface area contributed by atoms with Crippen molar-refractivity contribution in [2.75, 3.05) is 12.4 Å². The Balaban J connectivity index is 1.62. The molecule has 8 heteroatoms. The number of aromatic nitrogens is 3. The molecule has 140 valence electrons. The zero-order valence-electron chi connectivity index (χ0n) is 14.9. The molecule has 0 atom stereocenters. The van der Waals surface area contributed by atoms with E-state index in [4.69, 9.17) is 4.74 Å². The molecule has 1 amide bonds. The SMILES string of the molecule is COC(=O)c1nc(NC(=O)c2n[nH]c3ccccc23)sc1Cc1ccccc1. The largest absolute Gasteiger partial charge is 0.464 e. The molecule has 0 aliphatic carbocycles. The summed E-state index contributed by atoms with van der Waals surface area (Å²) in [6.45, 7) is 0. The molecule has 28 heavy (non-hydrogen) atoms. The van der Waals surface area contributed by atoms with E-state index in [2.05, 4.69) is 20.5 Å². The van der Waals surface area contributed by atoms with Gasteiger partial charge in [0.2, 0.25) is 0 Å². The maximum atomic E-state index is 12.7. The van der Waals surface area contributed by atoms with Gasteiger partial charge in [-0.2, -0.15) is 5.10 Å². The van der Waals surface area contributed by atoms with Crippen LogP contribution in [0.5, 0.6) is 0 Å². The number of nitrogens with one attached hydrogen (secondary N) is 2. The van der Waals surface area contributed by atoms with Crippen LogP contribution in [-0.2, 0) is 11.2 Å². The zero-order chi connectivity index (χ0) is 19.5. The van der Waals surface area contributed by atoms with Crippen molar-refractivity contribution in [1.82, 2.24) is 15.2 Å². The van der Waals surface area contributed by atoms with Crippen LogP contribution in [0.3, 0.4) is 0 Å². The van der Waals surface area contributed by atoms with E-state index < -0.39 is 11.9 Å². The van der Waals surface area contributed by atoms with Gasteiger partial charge in [0, 0.05) is 16.7 Å². The third kappa shape index (κ3) is 3.49. The van der Waals surface area contributed by atoms with Gasteiger partial charge < -0.3 is 4.74 Å². The van der Waals surface area contributed by atoms with Crippen molar-refractivity contribution in [3.63, 3.8) is 0 Å². The lowest BCUT2D eigenvalue weighted by Gasteiger charge is -2.00. The van der Waals surface area contributed by atoms with Gasteiger partial charge in [0.05, 0.1) is 12.6 Å². The van der Waals surface area contributed by atoms with Crippen LogP contribution in [0.4, 0.5) is 5.13 Å². The number of para-hydroxylation sites is 1. The van der Waals surface area contributed by atoms with E-state index in [1.807, 2.05) is 54.6 Å². The van der Waals surface area contributed by atoms with Crippen molar-refractivity contribution in [3.8, 4) is 0 Å². The van der Waals surface area contributed by atoms with Crippen molar-refractivity contribution in [2.45, 2.75) is 6.42 Å². The van der Waals surface area contributed by atoms with E-state index >= 15 is 0 Å². The zero-order valence-corrected chi connectivity index (χ0v) is 15.7. The van der Waals surface area contributed by atoms with Crippen molar-refractivity contribution in [2.24, 2.45) is 0 Å². The van der Waals surface area contributed by atoms with Gasteiger partial charge in [-0.25, -0.2) is 9.78 Å². The average Bonchev–Trinajstić information content (AvgIpc) is 3.32. The molecule has 0 unspecified atom stereocenters. The molecule has 0 aliphatic rings. The molecule has 2 heterocycles. The molecule has 2 N–H and O–H groups in total. The van der Waals surface area contributed by atoms with Gasteiger partial charge in [-0.05, 0) is 11.6 Å². The van der Waals surface area contributed by atoms with Crippen LogP contribution >= 0.6 is 11.3 Å². The van der Waals surface area contributed by atoms with Gasteiger partial charge in [0.15, 0.2) is 16.5 Å². The van der Waals surface area contributed by atoms with Gasteiger partial charge in [0.1, 0.15) is 0 Å². The fourth-order valence-corrected chi connectivity index (χ4v) is 3.83. The normalized spacial score (nSPS) is 10.8. The van der Waals surface area contributed by atoms with Gasteiger partial charge in [0.25, 0.3) is 5.91 Å². The first-order chi connectivity index (χ1) is 13.7. The first-order valence-corrected chi connectivity index (χ1v) is 9.33. The number of fused-ring (bicyclic) bond motifs is 1. The van der Waals surface area contributed by atoms with E-state index in [1.165, 1.54) is 18.4 Å². The number of rotatable bonds is 5. The van der Waals surface area contributed by atoms with Crippen LogP contribution in [0.2, 0.25) is 0 Å². The Labute approximate surface area is 164 Å². The number of benzene rings is 2. The lowest BCUT2D eigenvalue weighted by molar-refractivity contribution is 0.0593. The standard InChI is InChI=1S/C20H16N4O3S/c1-27-19(26)17-15(11-12-7-3-2-4-8-12)28-20(21-17)22-18(25)16-13-9-5-6-10-14(13)23-24-16/h2-10H,11H2,1H3,(H,23,24)(H,21,22,25). The van der Waals surface area contributed by atoms with Gasteiger partial charge in [-0.1, -0.05) is 48.5 Å². The number of amides is 1. The molecule has 0 spiro atoms. The number of esters is 1. The Kier molecular flexibility index (Phi) is 4.86. The minimum atomic E-state index is -0.534. The molecule has 0 fully saturated rings. The predicted octanol–water partition coefficient (Wildman–Crippen LogP) is 3.65. The summed E-state index contributed by atoms with van der Waals surface area (Å²) in [5, 5.41) is 10.7. The Hall–Kier alpha value is -3.52. The number of H-pyrrole nitrogens is 1. The molecule has 2 aromatic heterocycles. The predicted molar refractivity (Wildman–Crippen MR) is 107 cm³/mol. The first-order valence-electron chi connectivity index (χ1n) is 8.52. The summed E-state index contributed by atoms with van der Waals surface area (Å²) in [5.41, 5.74) is 2.29. The smallest absolute Gasteiger partial charge is 0.357 e. The summed E-state index contributed by atoms with van der Waals surface area (Å²) in [6.07, 6.45) is 0.518. The molecule has 4 rings (SSSR count). The average molecular weight is 392 g/mol. The van der Waals surface area contributed by atoms with Crippen molar-refractivity contribution in [1.29, 1.82) is 0 Å². The van der Waals surface area contributed by atoms with Gasteiger partial charge in [-0.15, -0.1) is 11.3 Å². The Morgan fingerprint density at radius 1 is 1.07 bits per heavy atom. The maximum Gasteiger partial charge on any atom is 0.357 e. The summed E-state index contributed by atoms with van der Waals surface area (Å²) in [6, 6.07) is 17.1. The second kappa shape index (κ2) is 7.61. The van der Waals surface area contributed by atoms with Crippen LogP contribution in [0.1, 0.15) is 31.4 Å². The molecule has 0 saturated heterocycles. The van der Waals surface area contributed by atoms with E-state index in [0.717, 1.165) is 16.0 Å². The highest BCUT2D eigenvalue weighted by Gasteiger charge is 2.22. The quantitative estimate of drug-likeness (QED) is 0.505. The van der Waals surface area contributed by atoms with Crippen LogP contribution in [-0.4, -0.2) is 34.2 Å². The highest BCUT2D eigenvalue weighted by molar-refractivity contribution is 7.16. The Morgan fingerprint density at radius 2 is 1.82 bits per heavy atom. The second-order valence-corrected chi connectivity index (χ2v) is 7.10. The Morgan fingerprint density at radius 3 is 2.61 bits per heavy atom. The number of hydrogen-bond acceptors (Lipinski definition) is 6. The molecule has 2 aromatic carbocycles. The molecule has 7 nitrogen and oxygen atoms in total. The summed E-state index contributed by atoms with van der Waals surface area (Å²) >= 11 is 1.25. The fourth-order valence-electron chi connectivity index (χ4n) is 2.86. The van der Waals surface area contributed by atoms with Crippen molar-refractivity contribution >= 4 is 39.2 Å². The highest BCUT2D eigenvalue weighted by Crippen LogP contribution is 2.27. The number of anilines is 1. The molecule has 4 aromatic rings. The van der Waals surface area contributed by atoms with Crippen molar-refractivity contribution in [3.05, 3.63) is 76.4 Å². The number of carbonyl (C=O) groups excluding carboxylic acids is 2. The summed E-state index contributed by atoms with van der Waals surface area (Å²) in [5.74, 6) is -0.929. The number of nitrogens with zero attached hydrogens (tertiary/aromatic N) is 2. The topological polar surface area (TPSA) is 97.0 Å². The molecule has 0 radical (unpaired) electrons. The Bertz CT molecular complexity index is 1150. The highest BCUT2D eigenvalue weighted by atomic mass is 32.1. The lowest BCUT2D eigenvalue weighted by Crippen LogP contribution is -2.13. The van der Waals surface area contributed by atoms with Crippen molar-refractivity contribution < 1.29 is 14.3 Å². The van der Waals surface area contributed by atoms with E-state index in [1.54, 1.807) is 0 Å². The van der Waals surface area contributed by atoms with Crippen LogP contribution in [0.15, 0.2) is 54.6 Å². The van der Waals surface area contributed by atoms with Crippen LogP contribution in [0, 0.1) is 0 Å². The lowest BCUT2D eigenvalue weighted by atomic mass is 10.1. The van der Waals surface area contributed by atoms with Gasteiger partial charge in [-0.3, -0.25) is 15.2 Å². The first kappa shape index (κ1) is 17.9. The number of methoxy groups -OCH3 is 1. The summed E-state index contributed by atoms with van der Waals surface area (Å²) in [7, 11) is 1.31.